The minimum Gasteiger partial charge on any atom is -0.360 e. The zero-order valence-electron chi connectivity index (χ0n) is 8.92. The Morgan fingerprint density at radius 2 is 2.00 bits per heavy atom. The van der Waals surface area contributed by atoms with Gasteiger partial charge in [-0.1, -0.05) is 11.8 Å². The van der Waals surface area contributed by atoms with Gasteiger partial charge in [-0.3, -0.25) is 14.5 Å². The van der Waals surface area contributed by atoms with Crippen LogP contribution in [0.2, 0.25) is 0 Å². The van der Waals surface area contributed by atoms with Crippen molar-refractivity contribution in [1.82, 2.24) is 4.90 Å². The average molecular weight is 271 g/mol. The summed E-state index contributed by atoms with van der Waals surface area (Å²) in [5.74, 6) is -1.15. The highest BCUT2D eigenvalue weighted by molar-refractivity contribution is 8.62. The summed E-state index contributed by atoms with van der Waals surface area (Å²) in [5, 5.41) is -1.65. The molecule has 0 fully saturated rings. The Morgan fingerprint density at radius 3 is 2.20 bits per heavy atom. The van der Waals surface area contributed by atoms with E-state index in [9.17, 15) is 14.5 Å². The lowest BCUT2D eigenvalue weighted by molar-refractivity contribution is -0.150. The fourth-order valence-electron chi connectivity index (χ4n) is 0.785. The molecule has 88 valence electrons. The highest BCUT2D eigenvalue weighted by Gasteiger charge is 2.46. The van der Waals surface area contributed by atoms with E-state index in [0.717, 1.165) is 4.90 Å². The lowest BCUT2D eigenvalue weighted by atomic mass is 10.3. The third-order valence-corrected chi connectivity index (χ3v) is 5.80. The molecule has 0 bridgehead atoms. The first kappa shape index (κ1) is 15.1. The van der Waals surface area contributed by atoms with Crippen molar-refractivity contribution in [2.75, 3.05) is 14.2 Å². The number of carbonyl (C=O) groups is 2. The summed E-state index contributed by atoms with van der Waals surface area (Å²) in [7, 11) is 2.53. The van der Waals surface area contributed by atoms with Crippen LogP contribution in [0.5, 0.6) is 0 Å². The number of nitrogens with zero attached hydrogens (tertiary/aromatic N) is 1. The van der Waals surface area contributed by atoms with Crippen molar-refractivity contribution in [3.8, 4) is 0 Å². The van der Waals surface area contributed by atoms with Crippen LogP contribution in [0.4, 0.5) is 0 Å². The number of carbonyl (C=O) groups excluding carboxylic acids is 2. The third kappa shape index (κ3) is 3.01. The zero-order chi connectivity index (χ0) is 12.4. The molecule has 0 aliphatic carbocycles. The van der Waals surface area contributed by atoms with E-state index < -0.39 is 22.6 Å². The Kier molecular flexibility index (Phi) is 4.95. The molecule has 8 heteroatoms. The Labute approximate surface area is 99.0 Å². The minimum atomic E-state index is -3.28. The van der Waals surface area contributed by atoms with E-state index in [4.69, 9.17) is 16.5 Å². The molecule has 0 saturated carbocycles. The maximum Gasteiger partial charge on any atom is 0.269 e. The fourth-order valence-corrected chi connectivity index (χ4v) is 2.38. The van der Waals surface area contributed by atoms with Gasteiger partial charge in [0.2, 0.25) is 11.2 Å². The lowest BCUT2D eigenvalue weighted by Crippen LogP contribution is -2.47. The SMILES string of the molecule is COC(C)(C(=O)N(C)C(C)=O)P(O)(=S)S. The highest BCUT2D eigenvalue weighted by atomic mass is 32.9. The van der Waals surface area contributed by atoms with Crippen LogP contribution >= 0.6 is 17.7 Å². The molecule has 5 nitrogen and oxygen atoms in total. The maximum absolute atomic E-state index is 11.8. The van der Waals surface area contributed by atoms with Gasteiger partial charge in [-0.2, -0.15) is 0 Å². The van der Waals surface area contributed by atoms with Gasteiger partial charge in [0.15, 0.2) is 5.47 Å². The van der Waals surface area contributed by atoms with E-state index in [-0.39, 0.29) is 0 Å². The van der Waals surface area contributed by atoms with Gasteiger partial charge in [-0.05, 0) is 6.92 Å². The molecule has 0 rings (SSSR count). The Balaban J connectivity index is 5.25. The fraction of sp³-hybridized carbons (Fsp3) is 0.714. The van der Waals surface area contributed by atoms with Crippen LogP contribution in [-0.2, 0) is 26.1 Å². The normalized spacial score (nSPS) is 18.8. The monoisotopic (exact) mass is 271 g/mol. The second-order valence-corrected chi connectivity index (χ2v) is 9.19. The van der Waals surface area contributed by atoms with Gasteiger partial charge in [0.25, 0.3) is 5.91 Å². The summed E-state index contributed by atoms with van der Waals surface area (Å²) in [5.41, 5.74) is -3.28. The first-order valence-electron chi connectivity index (χ1n) is 3.97. The van der Waals surface area contributed by atoms with Crippen molar-refractivity contribution in [1.29, 1.82) is 0 Å². The van der Waals surface area contributed by atoms with Crippen LogP contribution < -0.4 is 0 Å². The number of likely N-dealkylation sites (N-methyl/N-ethyl adjacent to an activating group) is 1. The van der Waals surface area contributed by atoms with Gasteiger partial charge in [0.05, 0.1) is 0 Å². The third-order valence-electron chi connectivity index (χ3n) is 2.13. The summed E-state index contributed by atoms with van der Waals surface area (Å²) in [6, 6.07) is 0. The second-order valence-electron chi connectivity index (χ2n) is 3.11. The molecule has 0 aromatic rings. The number of ether oxygens (including phenoxy) is 1. The minimum absolute atomic E-state index is 0.458. The van der Waals surface area contributed by atoms with Crippen LogP contribution in [0.1, 0.15) is 13.8 Å². The number of rotatable bonds is 3. The van der Waals surface area contributed by atoms with Crippen molar-refractivity contribution >= 4 is 41.3 Å². The molecule has 0 aromatic carbocycles. The van der Waals surface area contributed by atoms with E-state index in [1.165, 1.54) is 28.0 Å². The van der Waals surface area contributed by atoms with Gasteiger partial charge in [0, 0.05) is 21.1 Å². The van der Waals surface area contributed by atoms with Crippen molar-refractivity contribution < 1.29 is 19.2 Å². The van der Waals surface area contributed by atoms with Gasteiger partial charge in [-0.25, -0.2) is 0 Å². The van der Waals surface area contributed by atoms with Gasteiger partial charge >= 0.3 is 0 Å². The molecule has 2 amide bonds. The molecule has 0 spiro atoms. The zero-order valence-corrected chi connectivity index (χ0v) is 11.5. The molecule has 0 aromatic heterocycles. The van der Waals surface area contributed by atoms with E-state index in [0.29, 0.717) is 0 Å². The molecule has 2 atom stereocenters. The van der Waals surface area contributed by atoms with E-state index in [2.05, 4.69) is 12.2 Å². The Hall–Kier alpha value is 0.0600. The maximum atomic E-state index is 11.8. The molecule has 0 heterocycles. The van der Waals surface area contributed by atoms with Gasteiger partial charge in [0.1, 0.15) is 0 Å². The summed E-state index contributed by atoms with van der Waals surface area (Å²) < 4.78 is 4.91. The van der Waals surface area contributed by atoms with Crippen LogP contribution in [0.3, 0.4) is 0 Å². The number of methoxy groups -OCH3 is 1. The summed E-state index contributed by atoms with van der Waals surface area (Å²) in [6.07, 6.45) is 0. The molecule has 2 unspecified atom stereocenters. The number of hydrogen-bond donors (Lipinski definition) is 2. The first-order valence-corrected chi connectivity index (χ1v) is 7.88. The van der Waals surface area contributed by atoms with Crippen molar-refractivity contribution in [2.24, 2.45) is 0 Å². The van der Waals surface area contributed by atoms with Gasteiger partial charge in [-0.15, -0.1) is 12.2 Å². The molecule has 1 N–H and O–H groups in total. The lowest BCUT2D eigenvalue weighted by Gasteiger charge is -2.33. The second kappa shape index (κ2) is 4.93. The number of amides is 2. The number of imide groups is 1. The number of thiol groups is 1. The van der Waals surface area contributed by atoms with Crippen LogP contribution in [0.15, 0.2) is 0 Å². The molecule has 0 radical (unpaired) electrons. The van der Waals surface area contributed by atoms with E-state index >= 15 is 0 Å². The standard InChI is InChI=1S/C7H14NO4PS2/c1-5(9)8(3)6(10)7(2,12-4)13(11,14)15/h1-4H3,(H2,11,14,15). The van der Waals surface area contributed by atoms with Crippen molar-refractivity contribution in [3.63, 3.8) is 0 Å². The van der Waals surface area contributed by atoms with Gasteiger partial charge < -0.3 is 9.63 Å². The molecular formula is C7H14NO4PS2. The predicted molar refractivity (Wildman–Crippen MR) is 64.4 cm³/mol. The molecular weight excluding hydrogens is 257 g/mol. The smallest absolute Gasteiger partial charge is 0.269 e. The van der Waals surface area contributed by atoms with Crippen molar-refractivity contribution in [3.05, 3.63) is 0 Å². The Morgan fingerprint density at radius 1 is 1.60 bits per heavy atom. The largest absolute Gasteiger partial charge is 0.360 e. The molecule has 15 heavy (non-hydrogen) atoms. The quantitative estimate of drug-likeness (QED) is 0.581. The summed E-state index contributed by atoms with van der Waals surface area (Å²) in [4.78, 5) is 33.3. The topological polar surface area (TPSA) is 66.8 Å². The predicted octanol–water partition coefficient (Wildman–Crippen LogP) is 0.585. The average Bonchev–Trinajstić information content (AvgIpc) is 2.12. The Bertz CT molecular complexity index is 329. The van der Waals surface area contributed by atoms with E-state index in [1.54, 1.807) is 0 Å². The first-order chi connectivity index (χ1) is 6.58. The van der Waals surface area contributed by atoms with Crippen LogP contribution in [0, 0.1) is 0 Å². The summed E-state index contributed by atoms with van der Waals surface area (Å²) in [6.45, 7) is 2.55. The number of hydrogen-bond acceptors (Lipinski definition) is 4. The highest BCUT2D eigenvalue weighted by Crippen LogP contribution is 2.59. The van der Waals surface area contributed by atoms with Crippen molar-refractivity contribution in [2.45, 2.75) is 19.2 Å². The van der Waals surface area contributed by atoms with Crippen LogP contribution in [0.25, 0.3) is 0 Å². The molecule has 0 aliphatic heterocycles. The molecule has 0 saturated heterocycles. The van der Waals surface area contributed by atoms with Crippen LogP contribution in [-0.4, -0.2) is 41.1 Å². The molecule has 0 aliphatic rings. The summed E-state index contributed by atoms with van der Waals surface area (Å²) >= 11 is 8.56. The van der Waals surface area contributed by atoms with E-state index in [1.807, 2.05) is 0 Å².